The fraction of sp³-hybridized carbons (Fsp3) is 0.429. The maximum absolute atomic E-state index is 6.66. The second kappa shape index (κ2) is 7.48. The topological polar surface area (TPSA) is 70.7 Å². The Bertz CT molecular complexity index is 1240. The molecule has 0 spiro atoms. The minimum Gasteiger partial charge on any atom is -0.381 e. The summed E-state index contributed by atoms with van der Waals surface area (Å²) in [5, 5.41) is 10.1. The fourth-order valence-corrected chi connectivity index (χ4v) is 5.13. The van der Waals surface area contributed by atoms with Crippen LogP contribution in [0.25, 0.3) is 33.2 Å². The molecular formula is C21H22Cl2N6O. The zero-order valence-electron chi connectivity index (χ0n) is 17.1. The van der Waals surface area contributed by atoms with E-state index in [1.54, 1.807) is 10.9 Å². The molecule has 0 unspecified atom stereocenters. The van der Waals surface area contributed by atoms with Gasteiger partial charge in [-0.2, -0.15) is 0 Å². The summed E-state index contributed by atoms with van der Waals surface area (Å²) < 4.78 is 9.64. The van der Waals surface area contributed by atoms with Crippen molar-refractivity contribution in [2.45, 2.75) is 32.7 Å². The molecule has 9 heteroatoms. The van der Waals surface area contributed by atoms with Crippen molar-refractivity contribution in [1.29, 1.82) is 0 Å². The Balaban J connectivity index is 1.82. The Labute approximate surface area is 184 Å². The fourth-order valence-electron chi connectivity index (χ4n) is 4.67. The second-order valence-electron chi connectivity index (χ2n) is 7.92. The first-order valence-corrected chi connectivity index (χ1v) is 10.8. The predicted molar refractivity (Wildman–Crippen MR) is 118 cm³/mol. The molecule has 0 saturated carbocycles. The molecule has 0 radical (unpaired) electrons. The normalized spacial score (nSPS) is 16.6. The molecule has 5 heterocycles. The van der Waals surface area contributed by atoms with E-state index in [9.17, 15) is 0 Å². The van der Waals surface area contributed by atoms with Gasteiger partial charge in [0.1, 0.15) is 5.15 Å². The Kier molecular flexibility index (Phi) is 4.92. The highest BCUT2D eigenvalue weighted by Crippen LogP contribution is 2.41. The maximum atomic E-state index is 6.66. The van der Waals surface area contributed by atoms with Crippen LogP contribution in [0.5, 0.6) is 0 Å². The number of pyridine rings is 2. The average Bonchev–Trinajstić information content (AvgIpc) is 3.28. The SMILES string of the molecule is Cc1nnn(C)c1-c1cnc2c3c(Cl)ncc(Cl)c3n([C@H](C)C3CCOCC3)c2c1. The number of nitrogens with zero attached hydrogens (tertiary/aromatic N) is 6. The van der Waals surface area contributed by atoms with Crippen LogP contribution in [0, 0.1) is 12.8 Å². The van der Waals surface area contributed by atoms with E-state index >= 15 is 0 Å². The summed E-state index contributed by atoms with van der Waals surface area (Å²) in [6.07, 6.45) is 5.48. The minimum absolute atomic E-state index is 0.202. The van der Waals surface area contributed by atoms with Gasteiger partial charge in [-0.25, -0.2) is 9.67 Å². The van der Waals surface area contributed by atoms with Crippen molar-refractivity contribution in [1.82, 2.24) is 29.5 Å². The van der Waals surface area contributed by atoms with Gasteiger partial charge in [-0.15, -0.1) is 5.10 Å². The van der Waals surface area contributed by atoms with Crippen LogP contribution in [-0.4, -0.2) is 42.7 Å². The summed E-state index contributed by atoms with van der Waals surface area (Å²) in [5.41, 5.74) is 5.43. The summed E-state index contributed by atoms with van der Waals surface area (Å²) in [4.78, 5) is 9.08. The molecule has 0 N–H and O–H groups in total. The lowest BCUT2D eigenvalue weighted by molar-refractivity contribution is 0.0525. The van der Waals surface area contributed by atoms with Crippen LogP contribution < -0.4 is 0 Å². The highest BCUT2D eigenvalue weighted by atomic mass is 35.5. The lowest BCUT2D eigenvalue weighted by Crippen LogP contribution is -2.24. The molecule has 1 saturated heterocycles. The zero-order valence-corrected chi connectivity index (χ0v) is 18.6. The number of aryl methyl sites for hydroxylation is 2. The third kappa shape index (κ3) is 2.99. The maximum Gasteiger partial charge on any atom is 0.140 e. The standard InChI is InChI=1S/C21H22Cl2N6O/c1-11-19(28(3)27-26-11)14-8-16-18(24-9-14)17-20(15(22)10-25-21(17)23)29(16)12(2)13-4-6-30-7-5-13/h8-10,12-13H,4-7H2,1-3H3/t12-/m1/s1. The van der Waals surface area contributed by atoms with Crippen molar-refractivity contribution in [3.8, 4) is 11.3 Å². The van der Waals surface area contributed by atoms with Crippen LogP contribution in [0.4, 0.5) is 0 Å². The van der Waals surface area contributed by atoms with Crippen LogP contribution >= 0.6 is 23.2 Å². The quantitative estimate of drug-likeness (QED) is 0.416. The molecule has 1 aliphatic heterocycles. The van der Waals surface area contributed by atoms with E-state index in [1.165, 1.54) is 0 Å². The van der Waals surface area contributed by atoms with E-state index in [2.05, 4.69) is 32.9 Å². The smallest absolute Gasteiger partial charge is 0.140 e. The van der Waals surface area contributed by atoms with Gasteiger partial charge in [0.15, 0.2) is 0 Å². The molecule has 1 atom stereocenters. The molecule has 4 aromatic heterocycles. The average molecular weight is 445 g/mol. The molecule has 1 fully saturated rings. The van der Waals surface area contributed by atoms with Crippen molar-refractivity contribution in [3.05, 3.63) is 34.3 Å². The van der Waals surface area contributed by atoms with Gasteiger partial charge >= 0.3 is 0 Å². The number of hydrogen-bond donors (Lipinski definition) is 0. The van der Waals surface area contributed by atoms with Gasteiger partial charge in [-0.05, 0) is 38.7 Å². The van der Waals surface area contributed by atoms with Crippen molar-refractivity contribution in [2.24, 2.45) is 13.0 Å². The summed E-state index contributed by atoms with van der Waals surface area (Å²) in [5.74, 6) is 0.476. The number of halogens is 2. The van der Waals surface area contributed by atoms with Crippen LogP contribution in [0.1, 0.15) is 31.5 Å². The van der Waals surface area contributed by atoms with Crippen LogP contribution in [0.15, 0.2) is 18.5 Å². The molecule has 0 bridgehead atoms. The van der Waals surface area contributed by atoms with E-state index in [0.717, 1.165) is 64.9 Å². The third-order valence-corrected chi connectivity index (χ3v) is 6.75. The zero-order chi connectivity index (χ0) is 21.0. The summed E-state index contributed by atoms with van der Waals surface area (Å²) >= 11 is 13.2. The van der Waals surface area contributed by atoms with Crippen LogP contribution in [0.2, 0.25) is 10.2 Å². The summed E-state index contributed by atoms with van der Waals surface area (Å²) in [7, 11) is 1.89. The molecule has 7 nitrogen and oxygen atoms in total. The molecule has 4 aromatic rings. The van der Waals surface area contributed by atoms with E-state index in [4.69, 9.17) is 32.9 Å². The first kappa shape index (κ1) is 19.7. The number of rotatable bonds is 3. The molecule has 30 heavy (non-hydrogen) atoms. The molecule has 0 aliphatic carbocycles. The first-order chi connectivity index (χ1) is 14.5. The van der Waals surface area contributed by atoms with Crippen LogP contribution in [0.3, 0.4) is 0 Å². The van der Waals surface area contributed by atoms with E-state index < -0.39 is 0 Å². The molecule has 0 amide bonds. The lowest BCUT2D eigenvalue weighted by Gasteiger charge is -2.30. The Morgan fingerprint density at radius 3 is 2.63 bits per heavy atom. The van der Waals surface area contributed by atoms with E-state index in [0.29, 0.717) is 16.1 Å². The van der Waals surface area contributed by atoms with Gasteiger partial charge in [0.05, 0.1) is 38.3 Å². The van der Waals surface area contributed by atoms with Gasteiger partial charge in [0.25, 0.3) is 0 Å². The Hall–Kier alpha value is -2.22. The summed E-state index contributed by atoms with van der Waals surface area (Å²) in [6, 6.07) is 2.34. The first-order valence-electron chi connectivity index (χ1n) is 10.1. The Morgan fingerprint density at radius 2 is 1.93 bits per heavy atom. The molecule has 5 rings (SSSR count). The monoisotopic (exact) mass is 444 g/mol. The van der Waals surface area contributed by atoms with Crippen molar-refractivity contribution < 1.29 is 4.74 Å². The van der Waals surface area contributed by atoms with Gasteiger partial charge in [0.2, 0.25) is 0 Å². The summed E-state index contributed by atoms with van der Waals surface area (Å²) in [6.45, 7) is 5.75. The lowest BCUT2D eigenvalue weighted by atomic mass is 9.92. The van der Waals surface area contributed by atoms with Crippen LogP contribution in [-0.2, 0) is 11.8 Å². The van der Waals surface area contributed by atoms with Gasteiger partial charge in [0, 0.05) is 44.3 Å². The minimum atomic E-state index is 0.202. The number of ether oxygens (including phenoxy) is 1. The van der Waals surface area contributed by atoms with Gasteiger partial charge in [-0.3, -0.25) is 4.98 Å². The predicted octanol–water partition coefficient (Wildman–Crippen LogP) is 4.98. The Morgan fingerprint density at radius 1 is 1.17 bits per heavy atom. The van der Waals surface area contributed by atoms with Gasteiger partial charge in [-0.1, -0.05) is 28.4 Å². The van der Waals surface area contributed by atoms with E-state index in [-0.39, 0.29) is 6.04 Å². The van der Waals surface area contributed by atoms with Crippen molar-refractivity contribution >= 4 is 45.1 Å². The number of aromatic nitrogens is 6. The molecule has 156 valence electrons. The second-order valence-corrected chi connectivity index (χ2v) is 8.68. The van der Waals surface area contributed by atoms with E-state index in [1.807, 2.05) is 20.2 Å². The van der Waals surface area contributed by atoms with Crippen molar-refractivity contribution in [2.75, 3.05) is 13.2 Å². The molecule has 0 aromatic carbocycles. The number of hydrogen-bond acceptors (Lipinski definition) is 5. The molecule has 1 aliphatic rings. The highest BCUT2D eigenvalue weighted by Gasteiger charge is 2.28. The van der Waals surface area contributed by atoms with Crippen molar-refractivity contribution in [3.63, 3.8) is 0 Å². The largest absolute Gasteiger partial charge is 0.381 e. The number of fused-ring (bicyclic) bond motifs is 3. The third-order valence-electron chi connectivity index (χ3n) is 6.19. The molecular weight excluding hydrogens is 423 g/mol. The highest BCUT2D eigenvalue weighted by molar-refractivity contribution is 6.41. The van der Waals surface area contributed by atoms with Gasteiger partial charge < -0.3 is 9.30 Å².